The molecular weight excluding hydrogens is 204 g/mol. The van der Waals surface area contributed by atoms with Crippen molar-refractivity contribution < 1.29 is 12.9 Å². The van der Waals surface area contributed by atoms with Crippen molar-refractivity contribution in [1.82, 2.24) is 9.97 Å². The van der Waals surface area contributed by atoms with Crippen molar-refractivity contribution in [2.45, 2.75) is 13.3 Å². The zero-order chi connectivity index (χ0) is 11.1. The molecule has 2 aromatic heterocycles. The van der Waals surface area contributed by atoms with E-state index in [1.165, 1.54) is 0 Å². The lowest BCUT2D eigenvalue weighted by molar-refractivity contribution is 0.501. The number of H-pyrrole nitrogens is 1. The van der Waals surface area contributed by atoms with Gasteiger partial charge in [0.2, 0.25) is 0 Å². The largest absolute Gasteiger partial charge is 0.511 e. The molecule has 0 saturated carbocycles. The Kier molecular flexibility index (Phi) is 2.21. The molecule has 2 heterocycles. The van der Waals surface area contributed by atoms with Gasteiger partial charge in [-0.3, -0.25) is 0 Å². The first kappa shape index (κ1) is 10.1. The number of rotatable bonds is 2. The van der Waals surface area contributed by atoms with Crippen molar-refractivity contribution in [3.8, 4) is 0 Å². The van der Waals surface area contributed by atoms with Gasteiger partial charge in [0.15, 0.2) is 0 Å². The van der Waals surface area contributed by atoms with Crippen LogP contribution in [0.1, 0.15) is 12.5 Å². The van der Waals surface area contributed by atoms with Crippen molar-refractivity contribution in [3.05, 3.63) is 24.0 Å². The predicted octanol–water partition coefficient (Wildman–Crippen LogP) is 2.18. The van der Waals surface area contributed by atoms with Gasteiger partial charge in [-0.25, -0.2) is 4.98 Å². The minimum absolute atomic E-state index is 0.510. The number of pyridine rings is 1. The van der Waals surface area contributed by atoms with Crippen LogP contribution in [0.25, 0.3) is 11.0 Å². The highest BCUT2D eigenvalue weighted by molar-refractivity contribution is 6.73. The monoisotopic (exact) mass is 213 g/mol. The third-order valence-electron chi connectivity index (χ3n) is 2.40. The van der Waals surface area contributed by atoms with E-state index < -0.39 is 12.4 Å². The zero-order valence-corrected chi connectivity index (χ0v) is 8.10. The Balaban J connectivity index is 2.63. The van der Waals surface area contributed by atoms with E-state index in [-0.39, 0.29) is 0 Å². The SMILES string of the molecule is CCc1c[nH]c2ncc([B-](F)(F)F)cc12. The van der Waals surface area contributed by atoms with E-state index in [1.54, 1.807) is 6.20 Å². The van der Waals surface area contributed by atoms with Crippen LogP contribution >= 0.6 is 0 Å². The molecule has 0 aromatic carbocycles. The standard InChI is InChI=1S/C9H9BF3N2/c1-2-6-4-14-9-8(6)3-7(5-15-9)10(11,12)13/h3-5H,2H2,1H3,(H,14,15)/q-1. The number of hydrogen-bond donors (Lipinski definition) is 1. The second kappa shape index (κ2) is 3.29. The van der Waals surface area contributed by atoms with Gasteiger partial charge in [0.1, 0.15) is 5.65 Å². The first-order chi connectivity index (χ1) is 7.02. The molecule has 15 heavy (non-hydrogen) atoms. The molecule has 80 valence electrons. The fourth-order valence-corrected chi connectivity index (χ4v) is 1.55. The third kappa shape index (κ3) is 1.71. The van der Waals surface area contributed by atoms with Crippen LogP contribution in [-0.4, -0.2) is 16.9 Å². The van der Waals surface area contributed by atoms with Crippen molar-refractivity contribution in [3.63, 3.8) is 0 Å². The topological polar surface area (TPSA) is 28.7 Å². The van der Waals surface area contributed by atoms with Crippen molar-refractivity contribution in [2.24, 2.45) is 0 Å². The van der Waals surface area contributed by atoms with Crippen LogP contribution in [0.3, 0.4) is 0 Å². The van der Waals surface area contributed by atoms with Crippen LogP contribution in [-0.2, 0) is 6.42 Å². The summed E-state index contributed by atoms with van der Waals surface area (Å²) in [5.74, 6) is 0. The van der Waals surface area contributed by atoms with Gasteiger partial charge in [-0.1, -0.05) is 18.5 Å². The number of nitrogens with zero attached hydrogens (tertiary/aromatic N) is 1. The van der Waals surface area contributed by atoms with E-state index in [2.05, 4.69) is 9.97 Å². The molecule has 0 spiro atoms. The molecular formula is C9H9BF3N2-. The summed E-state index contributed by atoms with van der Waals surface area (Å²) in [7, 11) is 0. The summed E-state index contributed by atoms with van der Waals surface area (Å²) in [6.07, 6.45) is 3.26. The van der Waals surface area contributed by atoms with Crippen LogP contribution in [0.2, 0.25) is 0 Å². The summed E-state index contributed by atoms with van der Waals surface area (Å²) in [5.41, 5.74) is 0.729. The van der Waals surface area contributed by atoms with E-state index in [4.69, 9.17) is 0 Å². The smallest absolute Gasteiger partial charge is 0.445 e. The van der Waals surface area contributed by atoms with Gasteiger partial charge in [-0.05, 0) is 12.0 Å². The molecule has 0 atom stereocenters. The molecule has 2 rings (SSSR count). The van der Waals surface area contributed by atoms with Crippen LogP contribution < -0.4 is 5.46 Å². The minimum atomic E-state index is -4.96. The number of halogens is 3. The highest BCUT2D eigenvalue weighted by atomic mass is 19.4. The van der Waals surface area contributed by atoms with Gasteiger partial charge in [0.25, 0.3) is 0 Å². The van der Waals surface area contributed by atoms with Crippen LogP contribution in [0.15, 0.2) is 18.5 Å². The van der Waals surface area contributed by atoms with Gasteiger partial charge in [-0.2, -0.15) is 0 Å². The molecule has 0 bridgehead atoms. The third-order valence-corrected chi connectivity index (χ3v) is 2.40. The van der Waals surface area contributed by atoms with Crippen LogP contribution in [0, 0.1) is 0 Å². The highest BCUT2D eigenvalue weighted by Gasteiger charge is 2.26. The van der Waals surface area contributed by atoms with E-state index in [0.29, 0.717) is 17.5 Å². The Labute approximate surface area is 84.6 Å². The van der Waals surface area contributed by atoms with Gasteiger partial charge in [-0.15, -0.1) is 0 Å². The van der Waals surface area contributed by atoms with Gasteiger partial charge < -0.3 is 17.9 Å². The average Bonchev–Trinajstić information content (AvgIpc) is 2.57. The lowest BCUT2D eigenvalue weighted by Gasteiger charge is -2.13. The van der Waals surface area contributed by atoms with E-state index in [9.17, 15) is 12.9 Å². The lowest BCUT2D eigenvalue weighted by Crippen LogP contribution is -2.34. The van der Waals surface area contributed by atoms with E-state index in [1.807, 2.05) is 6.92 Å². The van der Waals surface area contributed by atoms with Gasteiger partial charge in [0.05, 0.1) is 0 Å². The Morgan fingerprint density at radius 2 is 2.13 bits per heavy atom. The Morgan fingerprint density at radius 1 is 1.40 bits per heavy atom. The molecule has 0 saturated heterocycles. The molecule has 0 amide bonds. The first-order valence-corrected chi connectivity index (χ1v) is 4.68. The van der Waals surface area contributed by atoms with E-state index >= 15 is 0 Å². The van der Waals surface area contributed by atoms with Gasteiger partial charge >= 0.3 is 6.98 Å². The minimum Gasteiger partial charge on any atom is -0.445 e. The number of aromatic nitrogens is 2. The molecule has 0 radical (unpaired) electrons. The summed E-state index contributed by atoms with van der Waals surface area (Å²) in [4.78, 5) is 6.60. The molecule has 0 aliphatic rings. The van der Waals surface area contributed by atoms with Gasteiger partial charge in [0, 0.05) is 17.8 Å². The molecule has 0 unspecified atom stereocenters. The second-order valence-corrected chi connectivity index (χ2v) is 3.41. The number of nitrogens with one attached hydrogen (secondary N) is 1. The van der Waals surface area contributed by atoms with Crippen molar-refractivity contribution >= 4 is 23.5 Å². The quantitative estimate of drug-likeness (QED) is 0.761. The maximum atomic E-state index is 12.5. The van der Waals surface area contributed by atoms with E-state index in [0.717, 1.165) is 17.8 Å². The maximum Gasteiger partial charge on any atom is 0.511 e. The van der Waals surface area contributed by atoms with Crippen molar-refractivity contribution in [2.75, 3.05) is 0 Å². The fourth-order valence-electron chi connectivity index (χ4n) is 1.55. The number of aryl methyl sites for hydroxylation is 1. The molecule has 2 aromatic rings. The van der Waals surface area contributed by atoms with Crippen LogP contribution in [0.4, 0.5) is 12.9 Å². The second-order valence-electron chi connectivity index (χ2n) is 3.41. The molecule has 0 aliphatic heterocycles. The summed E-state index contributed by atoms with van der Waals surface area (Å²) >= 11 is 0. The molecule has 6 heteroatoms. The molecule has 0 aliphatic carbocycles. The Morgan fingerprint density at radius 3 is 2.73 bits per heavy atom. The van der Waals surface area contributed by atoms with Crippen molar-refractivity contribution in [1.29, 1.82) is 0 Å². The number of aromatic amines is 1. The highest BCUT2D eigenvalue weighted by Crippen LogP contribution is 2.17. The van der Waals surface area contributed by atoms with Crippen LogP contribution in [0.5, 0.6) is 0 Å². The summed E-state index contributed by atoms with van der Waals surface area (Å²) in [6, 6.07) is 1.16. The molecule has 2 nitrogen and oxygen atoms in total. The Hall–Kier alpha value is -1.46. The first-order valence-electron chi connectivity index (χ1n) is 4.68. The summed E-state index contributed by atoms with van der Waals surface area (Å²) < 4.78 is 37.4. The average molecular weight is 213 g/mol. The lowest BCUT2D eigenvalue weighted by atomic mass is 9.81. The predicted molar refractivity (Wildman–Crippen MR) is 54.2 cm³/mol. The molecule has 0 fully saturated rings. The number of hydrogen-bond acceptors (Lipinski definition) is 1. The fraction of sp³-hybridized carbons (Fsp3) is 0.222. The maximum absolute atomic E-state index is 12.5. The molecule has 1 N–H and O–H groups in total. The normalized spacial score (nSPS) is 12.3. The summed E-state index contributed by atoms with van der Waals surface area (Å²) in [6.45, 7) is -3.07. The Bertz CT molecular complexity index is 490. The number of fused-ring (bicyclic) bond motifs is 1. The zero-order valence-electron chi connectivity index (χ0n) is 8.10. The summed E-state index contributed by atoms with van der Waals surface area (Å²) in [5, 5.41) is 0.564.